The minimum atomic E-state index is -0.763. The third-order valence-corrected chi connectivity index (χ3v) is 14.8. The molecule has 4 fully saturated rings. The zero-order valence-electron chi connectivity index (χ0n) is 40.2. The van der Waals surface area contributed by atoms with E-state index < -0.39 is 17.8 Å². The summed E-state index contributed by atoms with van der Waals surface area (Å²) in [4.78, 5) is 69.3. The van der Waals surface area contributed by atoms with Gasteiger partial charge in [0.05, 0.1) is 17.9 Å². The molecule has 1 atom stereocenters. The average Bonchev–Trinajstić information content (AvgIpc) is 3.36. The first-order valence-electron chi connectivity index (χ1n) is 24.8. The number of carbonyl (C=O) groups excluding carboxylic acids is 5. The Morgan fingerprint density at radius 1 is 0.843 bits per heavy atom. The molecular weight excluding hydrogens is 913 g/mol. The van der Waals surface area contributed by atoms with Gasteiger partial charge in [0.15, 0.2) is 18.2 Å². The summed E-state index contributed by atoms with van der Waals surface area (Å²) in [5.74, 6) is -0.723. The third kappa shape index (κ3) is 12.3. The summed E-state index contributed by atoms with van der Waals surface area (Å²) in [7, 11) is 0. The van der Waals surface area contributed by atoms with Crippen LogP contribution in [-0.2, 0) is 14.4 Å². The van der Waals surface area contributed by atoms with Crippen LogP contribution in [0, 0.1) is 24.6 Å². The van der Waals surface area contributed by atoms with Crippen molar-refractivity contribution in [1.29, 1.82) is 0 Å². The minimum Gasteiger partial charge on any atom is -0.491 e. The van der Waals surface area contributed by atoms with Gasteiger partial charge in [0.1, 0.15) is 5.75 Å². The number of nitrogens with two attached hydrogens (primary N) is 1. The molecule has 1 aliphatic carbocycles. The maximum atomic E-state index is 16.0. The first-order valence-corrected chi connectivity index (χ1v) is 25.2. The Morgan fingerprint density at radius 2 is 1.59 bits per heavy atom. The highest BCUT2D eigenvalue weighted by atomic mass is 35.5. The number of hydrogen-bond donors (Lipinski definition) is 4. The minimum absolute atomic E-state index is 0.0185. The maximum absolute atomic E-state index is 16.0. The second-order valence-electron chi connectivity index (χ2n) is 19.2. The van der Waals surface area contributed by atoms with Gasteiger partial charge in [-0.3, -0.25) is 29.4 Å². The summed E-state index contributed by atoms with van der Waals surface area (Å²) >= 11 is 6.73. The summed E-state index contributed by atoms with van der Waals surface area (Å²) in [6.07, 6.45) is 7.35. The molecule has 3 heterocycles. The lowest BCUT2D eigenvalue weighted by molar-refractivity contribution is -0.138. The fourth-order valence-corrected chi connectivity index (χ4v) is 10.8. The third-order valence-electron chi connectivity index (χ3n) is 14.5. The summed E-state index contributed by atoms with van der Waals surface area (Å²) in [6, 6.07) is 23.7. The van der Waals surface area contributed by atoms with E-state index in [1.54, 1.807) is 25.1 Å². The van der Waals surface area contributed by atoms with Crippen LogP contribution in [-0.4, -0.2) is 111 Å². The van der Waals surface area contributed by atoms with Gasteiger partial charge in [-0.15, -0.1) is 0 Å². The number of rotatable bonds is 17. The standard InChI is InChI=1S/C54H65ClFN7O7/c1-3-69-47-18-16-42(52(57)66)50(51(47)56)43-29-38(12-17-45(43)55)44(36-7-5-4-6-8-36)31-58-39-13-10-37(11-14-39)53(67)62-26-19-35(20-27-62)32-61-24-21-40(22-25-61)59-49(65)33-70-41-15-9-34(2)46(30-41)63-28-23-48(64)60-54(63)68/h4-9,12,15-18,29-30,35,37,39-40,44,58H,3,10-11,13-14,19-28,31-33H2,1-2H3,(H2,57,66)(H,59,65)(H,60,64,68). The number of halogens is 2. The normalized spacial score (nSPS) is 19.9. The molecule has 0 bridgehead atoms. The number of nitrogens with zero attached hydrogens (tertiary/aromatic N) is 3. The van der Waals surface area contributed by atoms with Crippen molar-refractivity contribution in [1.82, 2.24) is 25.8 Å². The van der Waals surface area contributed by atoms with Crippen LogP contribution in [0.4, 0.5) is 14.9 Å². The number of imide groups is 1. The number of nitrogens with one attached hydrogen (secondary N) is 3. The van der Waals surface area contributed by atoms with E-state index in [2.05, 4.69) is 37.9 Å². The highest BCUT2D eigenvalue weighted by molar-refractivity contribution is 6.33. The van der Waals surface area contributed by atoms with Gasteiger partial charge in [0.25, 0.3) is 5.91 Å². The van der Waals surface area contributed by atoms with Crippen molar-refractivity contribution in [2.24, 2.45) is 17.6 Å². The lowest BCUT2D eigenvalue weighted by atomic mass is 9.83. The first-order chi connectivity index (χ1) is 33.8. The molecule has 3 aliphatic heterocycles. The number of benzene rings is 4. The molecule has 8 rings (SSSR count). The van der Waals surface area contributed by atoms with Gasteiger partial charge >= 0.3 is 6.03 Å². The largest absolute Gasteiger partial charge is 0.491 e. The lowest BCUT2D eigenvalue weighted by Crippen LogP contribution is -2.49. The highest BCUT2D eigenvalue weighted by Gasteiger charge is 2.34. The number of aryl methyl sites for hydroxylation is 1. The summed E-state index contributed by atoms with van der Waals surface area (Å²) in [5, 5.41) is 9.57. The highest BCUT2D eigenvalue weighted by Crippen LogP contribution is 2.40. The number of primary amides is 1. The molecule has 0 aromatic heterocycles. The zero-order valence-corrected chi connectivity index (χ0v) is 40.9. The Kier molecular flexibility index (Phi) is 16.7. The molecule has 70 heavy (non-hydrogen) atoms. The predicted molar refractivity (Wildman–Crippen MR) is 268 cm³/mol. The van der Waals surface area contributed by atoms with Gasteiger partial charge in [-0.1, -0.05) is 54.1 Å². The fraction of sp³-hybridized carbons (Fsp3) is 0.463. The molecule has 6 amide bonds. The van der Waals surface area contributed by atoms with Crippen LogP contribution in [0.25, 0.3) is 11.1 Å². The number of amides is 6. The van der Waals surface area contributed by atoms with Crippen molar-refractivity contribution in [2.75, 3.05) is 63.9 Å². The van der Waals surface area contributed by atoms with Crippen molar-refractivity contribution in [3.05, 3.63) is 112 Å². The molecule has 1 unspecified atom stereocenters. The van der Waals surface area contributed by atoms with E-state index in [4.69, 9.17) is 26.8 Å². The van der Waals surface area contributed by atoms with Gasteiger partial charge in [0.2, 0.25) is 17.7 Å². The lowest BCUT2D eigenvalue weighted by Gasteiger charge is -2.39. The Bertz CT molecular complexity index is 2520. The van der Waals surface area contributed by atoms with Crippen molar-refractivity contribution in [3.8, 4) is 22.6 Å². The quantitative estimate of drug-likeness (QED) is 0.0832. The van der Waals surface area contributed by atoms with E-state index in [1.165, 1.54) is 17.0 Å². The molecule has 3 saturated heterocycles. The molecule has 14 nitrogen and oxygen atoms in total. The van der Waals surface area contributed by atoms with Crippen molar-refractivity contribution < 1.29 is 37.8 Å². The van der Waals surface area contributed by atoms with Crippen molar-refractivity contribution in [2.45, 2.75) is 89.6 Å². The second-order valence-corrected chi connectivity index (χ2v) is 19.6. The van der Waals surface area contributed by atoms with E-state index in [9.17, 15) is 24.0 Å². The number of carbonyl (C=O) groups is 5. The molecule has 0 spiro atoms. The molecular formula is C54H65ClFN7O7. The number of hydrogen-bond acceptors (Lipinski definition) is 9. The summed E-state index contributed by atoms with van der Waals surface area (Å²) in [5.41, 5.74) is 9.62. The van der Waals surface area contributed by atoms with Crippen LogP contribution < -0.4 is 36.1 Å². The molecule has 4 aromatic rings. The predicted octanol–water partition coefficient (Wildman–Crippen LogP) is 7.58. The molecule has 372 valence electrons. The Morgan fingerprint density at radius 3 is 2.29 bits per heavy atom. The van der Waals surface area contributed by atoms with Gasteiger partial charge in [-0.05, 0) is 118 Å². The zero-order chi connectivity index (χ0) is 49.3. The Hall–Kier alpha value is -6.03. The molecule has 0 radical (unpaired) electrons. The van der Waals surface area contributed by atoms with Crippen LogP contribution >= 0.6 is 11.6 Å². The number of urea groups is 1. The molecule has 4 aliphatic rings. The topological polar surface area (TPSA) is 176 Å². The van der Waals surface area contributed by atoms with Crippen LogP contribution in [0.1, 0.15) is 97.7 Å². The second kappa shape index (κ2) is 23.3. The SMILES string of the molecule is CCOc1ccc(C(N)=O)c(-c2cc(C(CNC3CCC(C(=O)N4CCC(CN5CCC(NC(=O)COc6ccc(C)c(N7CCC(=O)NC7=O)c6)CC5)CC4)CC3)c3ccccc3)ccc2Cl)c1F. The summed E-state index contributed by atoms with van der Waals surface area (Å²) in [6.45, 7) is 9.02. The number of likely N-dealkylation sites (tertiary alicyclic amines) is 2. The maximum Gasteiger partial charge on any atom is 0.328 e. The monoisotopic (exact) mass is 977 g/mol. The van der Waals surface area contributed by atoms with Crippen LogP contribution in [0.3, 0.4) is 0 Å². The first kappa shape index (κ1) is 50.4. The van der Waals surface area contributed by atoms with E-state index in [0.717, 1.165) is 101 Å². The van der Waals surface area contributed by atoms with E-state index in [0.29, 0.717) is 34.5 Å². The van der Waals surface area contributed by atoms with Gasteiger partial charge in [-0.2, -0.15) is 0 Å². The molecule has 4 aromatic carbocycles. The molecule has 1 saturated carbocycles. The van der Waals surface area contributed by atoms with Crippen LogP contribution in [0.15, 0.2) is 78.9 Å². The molecule has 16 heteroatoms. The van der Waals surface area contributed by atoms with Crippen LogP contribution in [0.5, 0.6) is 11.5 Å². The van der Waals surface area contributed by atoms with Crippen LogP contribution in [0.2, 0.25) is 5.02 Å². The average molecular weight is 979 g/mol. The van der Waals surface area contributed by atoms with Crippen molar-refractivity contribution in [3.63, 3.8) is 0 Å². The van der Waals surface area contributed by atoms with E-state index >= 15 is 4.39 Å². The Labute approximate surface area is 414 Å². The summed E-state index contributed by atoms with van der Waals surface area (Å²) < 4.78 is 27.3. The fourth-order valence-electron chi connectivity index (χ4n) is 10.6. The number of ether oxygens (including phenoxy) is 2. The van der Waals surface area contributed by atoms with E-state index in [1.807, 2.05) is 43.3 Å². The van der Waals surface area contributed by atoms with E-state index in [-0.39, 0.29) is 84.7 Å². The number of anilines is 1. The smallest absolute Gasteiger partial charge is 0.328 e. The molecule has 5 N–H and O–H groups in total. The van der Waals surface area contributed by atoms with Gasteiger partial charge in [0, 0.05) is 98.4 Å². The van der Waals surface area contributed by atoms with Crippen molar-refractivity contribution >= 4 is 46.9 Å². The Balaban J connectivity index is 0.765. The van der Waals surface area contributed by atoms with Gasteiger partial charge < -0.3 is 35.6 Å². The van der Waals surface area contributed by atoms with Gasteiger partial charge in [-0.25, -0.2) is 9.18 Å². The number of piperidine rings is 2.